The van der Waals surface area contributed by atoms with Crippen LogP contribution >= 0.6 is 0 Å². The van der Waals surface area contributed by atoms with E-state index in [4.69, 9.17) is 0 Å². The van der Waals surface area contributed by atoms with E-state index in [1.54, 1.807) is 0 Å². The van der Waals surface area contributed by atoms with Crippen molar-refractivity contribution in [2.45, 2.75) is 41.0 Å². The zero-order valence-electron chi connectivity index (χ0n) is 13.5. The third-order valence-electron chi connectivity index (χ3n) is 3.66. The third-order valence-corrected chi connectivity index (χ3v) is 3.66. The van der Waals surface area contributed by atoms with E-state index >= 15 is 0 Å². The van der Waals surface area contributed by atoms with Crippen LogP contribution in [0.5, 0.6) is 0 Å². The van der Waals surface area contributed by atoms with E-state index in [0.717, 1.165) is 41.7 Å². The van der Waals surface area contributed by atoms with Crippen LogP contribution in [0.25, 0.3) is 0 Å². The molecule has 1 aromatic heterocycles. The average molecular weight is 284 g/mol. The van der Waals surface area contributed by atoms with Gasteiger partial charge in [0, 0.05) is 17.8 Å². The van der Waals surface area contributed by atoms with Gasteiger partial charge >= 0.3 is 0 Å². The highest BCUT2D eigenvalue weighted by Gasteiger charge is 2.10. The van der Waals surface area contributed by atoms with Gasteiger partial charge in [-0.2, -0.15) is 0 Å². The van der Waals surface area contributed by atoms with Crippen molar-refractivity contribution in [3.8, 4) is 0 Å². The molecule has 2 aromatic rings. The van der Waals surface area contributed by atoms with Crippen LogP contribution in [-0.2, 0) is 0 Å². The first-order chi connectivity index (χ1) is 10.0. The molecule has 1 heterocycles. The minimum Gasteiger partial charge on any atom is -0.370 e. The Hall–Kier alpha value is -2.10. The van der Waals surface area contributed by atoms with Crippen molar-refractivity contribution in [1.82, 2.24) is 9.97 Å². The summed E-state index contributed by atoms with van der Waals surface area (Å²) in [7, 11) is 0. The van der Waals surface area contributed by atoms with Crippen LogP contribution in [0.3, 0.4) is 0 Å². The number of benzene rings is 1. The normalized spacial score (nSPS) is 10.5. The van der Waals surface area contributed by atoms with Crippen molar-refractivity contribution in [3.05, 3.63) is 40.7 Å². The fourth-order valence-electron chi connectivity index (χ4n) is 2.18. The number of nitrogens with zero attached hydrogens (tertiary/aromatic N) is 2. The quantitative estimate of drug-likeness (QED) is 0.860. The highest BCUT2D eigenvalue weighted by atomic mass is 15.1. The molecule has 0 unspecified atom stereocenters. The lowest BCUT2D eigenvalue weighted by molar-refractivity contribution is 0.947. The molecule has 0 fully saturated rings. The van der Waals surface area contributed by atoms with E-state index in [-0.39, 0.29) is 0 Å². The van der Waals surface area contributed by atoms with Gasteiger partial charge in [-0.15, -0.1) is 0 Å². The predicted octanol–water partition coefficient (Wildman–Crippen LogP) is 4.28. The van der Waals surface area contributed by atoms with Crippen LogP contribution in [0.2, 0.25) is 0 Å². The molecule has 0 bridgehead atoms. The molecule has 112 valence electrons. The third kappa shape index (κ3) is 3.51. The molecule has 0 atom stereocenters. The van der Waals surface area contributed by atoms with Crippen molar-refractivity contribution in [2.75, 3.05) is 17.2 Å². The SMILES string of the molecule is CCCNc1nc(C)nc(Nc2cccc(C)c2C)c1C. The smallest absolute Gasteiger partial charge is 0.139 e. The number of rotatable bonds is 5. The minimum absolute atomic E-state index is 0.770. The number of nitrogens with one attached hydrogen (secondary N) is 2. The van der Waals surface area contributed by atoms with E-state index in [0.29, 0.717) is 0 Å². The van der Waals surface area contributed by atoms with Crippen LogP contribution in [0.15, 0.2) is 18.2 Å². The molecule has 0 aliphatic carbocycles. The zero-order chi connectivity index (χ0) is 15.4. The summed E-state index contributed by atoms with van der Waals surface area (Å²) in [5, 5.41) is 6.81. The number of aryl methyl sites for hydroxylation is 2. The molecule has 4 nitrogen and oxygen atoms in total. The van der Waals surface area contributed by atoms with E-state index in [9.17, 15) is 0 Å². The van der Waals surface area contributed by atoms with Crippen molar-refractivity contribution in [1.29, 1.82) is 0 Å². The van der Waals surface area contributed by atoms with Crippen LogP contribution in [0.1, 0.15) is 35.9 Å². The van der Waals surface area contributed by atoms with Gasteiger partial charge in [-0.3, -0.25) is 0 Å². The number of hydrogen-bond acceptors (Lipinski definition) is 4. The first-order valence-corrected chi connectivity index (χ1v) is 7.45. The van der Waals surface area contributed by atoms with E-state index in [1.165, 1.54) is 11.1 Å². The fourth-order valence-corrected chi connectivity index (χ4v) is 2.18. The molecule has 0 spiro atoms. The Kier molecular flexibility index (Phi) is 4.78. The van der Waals surface area contributed by atoms with Gasteiger partial charge in [-0.1, -0.05) is 19.1 Å². The van der Waals surface area contributed by atoms with Crippen molar-refractivity contribution in [3.63, 3.8) is 0 Å². The molecular formula is C17H24N4. The lowest BCUT2D eigenvalue weighted by Crippen LogP contribution is -2.09. The monoisotopic (exact) mass is 284 g/mol. The Labute approximate surface area is 127 Å². The standard InChI is InChI=1S/C17H24N4/c1-6-10-18-16-13(4)17(20-14(5)19-16)21-15-9-7-8-11(2)12(15)3/h7-9H,6,10H2,1-5H3,(H2,18,19,20,21). The summed E-state index contributed by atoms with van der Waals surface area (Å²) in [5.74, 6) is 2.55. The second-order valence-corrected chi connectivity index (χ2v) is 5.39. The minimum atomic E-state index is 0.770. The molecule has 0 saturated heterocycles. The Morgan fingerprint density at radius 3 is 2.38 bits per heavy atom. The van der Waals surface area contributed by atoms with Gasteiger partial charge in [0.25, 0.3) is 0 Å². The fraction of sp³-hybridized carbons (Fsp3) is 0.412. The summed E-state index contributed by atoms with van der Waals surface area (Å²) >= 11 is 0. The Morgan fingerprint density at radius 1 is 0.952 bits per heavy atom. The Balaban J connectivity index is 2.35. The van der Waals surface area contributed by atoms with Crippen molar-refractivity contribution in [2.24, 2.45) is 0 Å². The van der Waals surface area contributed by atoms with Gasteiger partial charge in [0.1, 0.15) is 17.5 Å². The molecular weight excluding hydrogens is 260 g/mol. The maximum absolute atomic E-state index is 4.55. The van der Waals surface area contributed by atoms with Gasteiger partial charge in [0.2, 0.25) is 0 Å². The maximum atomic E-state index is 4.55. The van der Waals surface area contributed by atoms with Gasteiger partial charge in [-0.05, 0) is 51.3 Å². The van der Waals surface area contributed by atoms with Crippen LogP contribution < -0.4 is 10.6 Å². The molecule has 2 N–H and O–H groups in total. The summed E-state index contributed by atoms with van der Waals surface area (Å²) in [5.41, 5.74) is 4.66. The van der Waals surface area contributed by atoms with Gasteiger partial charge in [0.05, 0.1) is 0 Å². The molecule has 21 heavy (non-hydrogen) atoms. The molecule has 4 heteroatoms. The Morgan fingerprint density at radius 2 is 1.67 bits per heavy atom. The average Bonchev–Trinajstić information content (AvgIpc) is 2.45. The molecule has 0 saturated carbocycles. The lowest BCUT2D eigenvalue weighted by atomic mass is 10.1. The zero-order valence-corrected chi connectivity index (χ0v) is 13.5. The molecule has 0 radical (unpaired) electrons. The molecule has 1 aromatic carbocycles. The summed E-state index contributed by atoms with van der Waals surface area (Å²) in [6.07, 6.45) is 1.07. The second kappa shape index (κ2) is 6.57. The first kappa shape index (κ1) is 15.3. The predicted molar refractivity (Wildman–Crippen MR) is 89.5 cm³/mol. The number of anilines is 3. The van der Waals surface area contributed by atoms with E-state index in [2.05, 4.69) is 59.6 Å². The van der Waals surface area contributed by atoms with Gasteiger partial charge in [-0.25, -0.2) is 9.97 Å². The number of aromatic nitrogens is 2. The van der Waals surface area contributed by atoms with E-state index < -0.39 is 0 Å². The second-order valence-electron chi connectivity index (χ2n) is 5.39. The Bertz CT molecular complexity index is 635. The van der Waals surface area contributed by atoms with E-state index in [1.807, 2.05) is 13.8 Å². The molecule has 2 rings (SSSR count). The number of hydrogen-bond donors (Lipinski definition) is 2. The van der Waals surface area contributed by atoms with Crippen LogP contribution in [-0.4, -0.2) is 16.5 Å². The summed E-state index contributed by atoms with van der Waals surface area (Å²) in [4.78, 5) is 9.04. The molecule has 0 aliphatic heterocycles. The highest BCUT2D eigenvalue weighted by Crippen LogP contribution is 2.26. The van der Waals surface area contributed by atoms with Crippen molar-refractivity contribution >= 4 is 17.3 Å². The lowest BCUT2D eigenvalue weighted by Gasteiger charge is -2.16. The van der Waals surface area contributed by atoms with Crippen LogP contribution in [0, 0.1) is 27.7 Å². The van der Waals surface area contributed by atoms with Gasteiger partial charge in [0.15, 0.2) is 0 Å². The molecule has 0 amide bonds. The highest BCUT2D eigenvalue weighted by molar-refractivity contribution is 5.67. The summed E-state index contributed by atoms with van der Waals surface area (Å²) in [6, 6.07) is 6.26. The summed E-state index contributed by atoms with van der Waals surface area (Å²) in [6.45, 7) is 11.3. The summed E-state index contributed by atoms with van der Waals surface area (Å²) < 4.78 is 0. The van der Waals surface area contributed by atoms with Gasteiger partial charge < -0.3 is 10.6 Å². The maximum Gasteiger partial charge on any atom is 0.139 e. The van der Waals surface area contributed by atoms with Crippen LogP contribution in [0.4, 0.5) is 17.3 Å². The van der Waals surface area contributed by atoms with Crippen molar-refractivity contribution < 1.29 is 0 Å². The largest absolute Gasteiger partial charge is 0.370 e. The molecule has 0 aliphatic rings. The first-order valence-electron chi connectivity index (χ1n) is 7.45. The topological polar surface area (TPSA) is 49.8 Å².